The van der Waals surface area contributed by atoms with Gasteiger partial charge in [0.15, 0.2) is 12.1 Å². The topological polar surface area (TPSA) is 67.4 Å². The van der Waals surface area contributed by atoms with Crippen molar-refractivity contribution in [2.45, 2.75) is 12.1 Å². The van der Waals surface area contributed by atoms with Crippen LogP contribution >= 0.6 is 0 Å². The summed E-state index contributed by atoms with van der Waals surface area (Å²) < 4.78 is 18.7. The van der Waals surface area contributed by atoms with E-state index in [-0.39, 0.29) is 5.69 Å². The van der Waals surface area contributed by atoms with E-state index in [9.17, 15) is 14.0 Å². The number of benzene rings is 2. The molecule has 1 saturated heterocycles. The van der Waals surface area contributed by atoms with Gasteiger partial charge in [0.1, 0.15) is 5.82 Å². The lowest BCUT2D eigenvalue weighted by molar-refractivity contribution is -0.119. The van der Waals surface area contributed by atoms with Gasteiger partial charge in [0.05, 0.1) is 5.69 Å². The van der Waals surface area contributed by atoms with Crippen LogP contribution < -0.4 is 10.6 Å². The molecule has 5 nitrogen and oxygen atoms in total. The first kappa shape index (κ1) is 14.1. The van der Waals surface area contributed by atoms with Gasteiger partial charge < -0.3 is 15.4 Å². The number of hydrogen-bond donors (Lipinski definition) is 2. The Bertz CT molecular complexity index is 706. The van der Waals surface area contributed by atoms with E-state index in [1.54, 1.807) is 30.3 Å². The average Bonchev–Trinajstić information content (AvgIpc) is 2.92. The summed E-state index contributed by atoms with van der Waals surface area (Å²) in [6.07, 6.45) is -1.43. The number of amides is 2. The standard InChI is InChI=1S/C16H13FN2O3/c17-11-8-4-5-9-12(11)18-15(20)13-14(22-16(21)19-13)10-6-2-1-3-7-10/h1-9,13-14H,(H,18,20)(H,19,21). The van der Waals surface area contributed by atoms with E-state index in [4.69, 9.17) is 4.74 Å². The number of alkyl carbamates (subject to hydrolysis) is 1. The van der Waals surface area contributed by atoms with Crippen molar-refractivity contribution in [3.05, 3.63) is 66.0 Å². The van der Waals surface area contributed by atoms with Gasteiger partial charge in [-0.2, -0.15) is 0 Å². The van der Waals surface area contributed by atoms with E-state index in [0.29, 0.717) is 5.56 Å². The Morgan fingerprint density at radius 3 is 2.50 bits per heavy atom. The highest BCUT2D eigenvalue weighted by molar-refractivity contribution is 5.98. The maximum atomic E-state index is 13.6. The molecular weight excluding hydrogens is 287 g/mol. The lowest BCUT2D eigenvalue weighted by Gasteiger charge is -2.17. The Balaban J connectivity index is 1.81. The molecule has 2 N–H and O–H groups in total. The molecule has 0 saturated carbocycles. The molecule has 1 aliphatic rings. The van der Waals surface area contributed by atoms with Crippen molar-refractivity contribution >= 4 is 17.7 Å². The molecule has 0 radical (unpaired) electrons. The summed E-state index contributed by atoms with van der Waals surface area (Å²) in [4.78, 5) is 23.8. The van der Waals surface area contributed by atoms with Crippen LogP contribution in [0.15, 0.2) is 54.6 Å². The molecular formula is C16H13FN2O3. The molecule has 0 spiro atoms. The molecule has 22 heavy (non-hydrogen) atoms. The monoisotopic (exact) mass is 300 g/mol. The smallest absolute Gasteiger partial charge is 0.408 e. The molecule has 0 aromatic heterocycles. The van der Waals surface area contributed by atoms with Gasteiger partial charge in [0.25, 0.3) is 5.91 Å². The van der Waals surface area contributed by atoms with Crippen molar-refractivity contribution in [1.29, 1.82) is 0 Å². The summed E-state index contributed by atoms with van der Waals surface area (Å²) in [5.74, 6) is -1.08. The third-order valence-corrected chi connectivity index (χ3v) is 3.35. The number of anilines is 1. The van der Waals surface area contributed by atoms with Crippen molar-refractivity contribution in [2.24, 2.45) is 0 Å². The normalized spacial score (nSPS) is 20.1. The molecule has 1 heterocycles. The van der Waals surface area contributed by atoms with Crippen LogP contribution in [0.1, 0.15) is 11.7 Å². The highest BCUT2D eigenvalue weighted by atomic mass is 19.1. The third-order valence-electron chi connectivity index (χ3n) is 3.35. The minimum atomic E-state index is -0.922. The highest BCUT2D eigenvalue weighted by Gasteiger charge is 2.40. The van der Waals surface area contributed by atoms with Gasteiger partial charge in [0.2, 0.25) is 0 Å². The van der Waals surface area contributed by atoms with E-state index >= 15 is 0 Å². The average molecular weight is 300 g/mol. The number of nitrogens with one attached hydrogen (secondary N) is 2. The fourth-order valence-corrected chi connectivity index (χ4v) is 2.30. The number of hydrogen-bond acceptors (Lipinski definition) is 3. The zero-order chi connectivity index (χ0) is 15.5. The van der Waals surface area contributed by atoms with Crippen LogP contribution in [0, 0.1) is 5.82 Å². The summed E-state index contributed by atoms with van der Waals surface area (Å²) in [6.45, 7) is 0. The number of ether oxygens (including phenoxy) is 1. The number of para-hydroxylation sites is 1. The Hall–Kier alpha value is -2.89. The number of rotatable bonds is 3. The van der Waals surface area contributed by atoms with Gasteiger partial charge in [0, 0.05) is 0 Å². The van der Waals surface area contributed by atoms with Crippen LogP contribution in [0.25, 0.3) is 0 Å². The van der Waals surface area contributed by atoms with Crippen LogP contribution in [0.3, 0.4) is 0 Å². The lowest BCUT2D eigenvalue weighted by Crippen LogP contribution is -2.40. The van der Waals surface area contributed by atoms with Crippen LogP contribution in [-0.2, 0) is 9.53 Å². The molecule has 3 rings (SSSR count). The zero-order valence-electron chi connectivity index (χ0n) is 11.5. The zero-order valence-corrected chi connectivity index (χ0v) is 11.5. The Morgan fingerprint density at radius 2 is 1.77 bits per heavy atom. The first-order valence-corrected chi connectivity index (χ1v) is 6.72. The Labute approximate surface area is 126 Å². The van der Waals surface area contributed by atoms with Crippen molar-refractivity contribution < 1.29 is 18.7 Å². The molecule has 0 bridgehead atoms. The van der Waals surface area contributed by atoms with Gasteiger partial charge in [-0.1, -0.05) is 42.5 Å². The number of carbonyl (C=O) groups excluding carboxylic acids is 2. The number of carbonyl (C=O) groups is 2. The molecule has 112 valence electrons. The maximum absolute atomic E-state index is 13.6. The first-order valence-electron chi connectivity index (χ1n) is 6.72. The van der Waals surface area contributed by atoms with Gasteiger partial charge in [-0.3, -0.25) is 4.79 Å². The van der Waals surface area contributed by atoms with E-state index in [2.05, 4.69) is 10.6 Å². The summed E-state index contributed by atoms with van der Waals surface area (Å²) >= 11 is 0. The molecule has 2 amide bonds. The van der Waals surface area contributed by atoms with E-state index in [1.165, 1.54) is 18.2 Å². The quantitative estimate of drug-likeness (QED) is 0.915. The SMILES string of the molecule is O=C1NC(C(=O)Nc2ccccc2F)C(c2ccccc2)O1. The fourth-order valence-electron chi connectivity index (χ4n) is 2.30. The van der Waals surface area contributed by atoms with Crippen LogP contribution in [0.2, 0.25) is 0 Å². The number of halogens is 1. The molecule has 6 heteroatoms. The Morgan fingerprint density at radius 1 is 1.09 bits per heavy atom. The lowest BCUT2D eigenvalue weighted by atomic mass is 10.0. The summed E-state index contributed by atoms with van der Waals surface area (Å²) in [5, 5.41) is 4.91. The van der Waals surface area contributed by atoms with Crippen molar-refractivity contribution in [3.8, 4) is 0 Å². The predicted octanol–water partition coefficient (Wildman–Crippen LogP) is 2.61. The second kappa shape index (κ2) is 5.85. The van der Waals surface area contributed by atoms with Gasteiger partial charge in [-0.25, -0.2) is 9.18 Å². The minimum absolute atomic E-state index is 0.0560. The molecule has 0 aliphatic carbocycles. The molecule has 2 aromatic carbocycles. The van der Waals surface area contributed by atoms with E-state index in [1.807, 2.05) is 6.07 Å². The van der Waals surface area contributed by atoms with Crippen LogP contribution in [-0.4, -0.2) is 18.0 Å². The molecule has 2 aromatic rings. The molecule has 2 unspecified atom stereocenters. The van der Waals surface area contributed by atoms with Crippen LogP contribution in [0.4, 0.5) is 14.9 Å². The fraction of sp³-hybridized carbons (Fsp3) is 0.125. The molecule has 1 aliphatic heterocycles. The summed E-state index contributed by atoms with van der Waals surface area (Å²) in [6, 6.07) is 13.8. The predicted molar refractivity (Wildman–Crippen MR) is 77.6 cm³/mol. The highest BCUT2D eigenvalue weighted by Crippen LogP contribution is 2.27. The van der Waals surface area contributed by atoms with Crippen LogP contribution in [0.5, 0.6) is 0 Å². The largest absolute Gasteiger partial charge is 0.439 e. The second-order valence-electron chi connectivity index (χ2n) is 4.83. The van der Waals surface area contributed by atoms with E-state index < -0.39 is 30.0 Å². The minimum Gasteiger partial charge on any atom is -0.439 e. The maximum Gasteiger partial charge on any atom is 0.408 e. The van der Waals surface area contributed by atoms with Gasteiger partial charge in [-0.15, -0.1) is 0 Å². The van der Waals surface area contributed by atoms with Crippen molar-refractivity contribution in [2.75, 3.05) is 5.32 Å². The van der Waals surface area contributed by atoms with E-state index in [0.717, 1.165) is 0 Å². The summed E-state index contributed by atoms with van der Waals surface area (Å²) in [5.41, 5.74) is 0.745. The molecule has 2 atom stereocenters. The summed E-state index contributed by atoms with van der Waals surface area (Å²) in [7, 11) is 0. The van der Waals surface area contributed by atoms with Crippen molar-refractivity contribution in [1.82, 2.24) is 5.32 Å². The van der Waals surface area contributed by atoms with Crippen molar-refractivity contribution in [3.63, 3.8) is 0 Å². The molecule has 1 fully saturated rings. The number of cyclic esters (lactones) is 1. The Kier molecular flexibility index (Phi) is 3.74. The van der Waals surface area contributed by atoms with Gasteiger partial charge >= 0.3 is 6.09 Å². The second-order valence-corrected chi connectivity index (χ2v) is 4.83. The third kappa shape index (κ3) is 2.76. The first-order chi connectivity index (χ1) is 10.6. The van der Waals surface area contributed by atoms with Gasteiger partial charge in [-0.05, 0) is 17.7 Å².